The van der Waals surface area contributed by atoms with Crippen molar-refractivity contribution in [1.29, 1.82) is 0 Å². The van der Waals surface area contributed by atoms with Crippen molar-refractivity contribution < 1.29 is 31.4 Å². The number of fused-ring (bicyclic) bond motifs is 1. The van der Waals surface area contributed by atoms with Gasteiger partial charge in [-0.1, -0.05) is 0 Å². The van der Waals surface area contributed by atoms with Crippen LogP contribution in [-0.2, 0) is 12.6 Å². The predicted octanol–water partition coefficient (Wildman–Crippen LogP) is 3.58. The van der Waals surface area contributed by atoms with Gasteiger partial charge in [-0.25, -0.2) is 13.2 Å². The molecule has 2 aliphatic rings. The van der Waals surface area contributed by atoms with Crippen molar-refractivity contribution in [2.45, 2.75) is 62.5 Å². The lowest BCUT2D eigenvalue weighted by Gasteiger charge is -2.26. The number of rotatable bonds is 1. The Hall–Kier alpha value is -1.25. The molecule has 3 rings (SSSR count). The van der Waals surface area contributed by atoms with E-state index in [0.29, 0.717) is 19.3 Å². The molecule has 0 spiro atoms. The summed E-state index contributed by atoms with van der Waals surface area (Å²) in [6, 6.07) is -0.685. The van der Waals surface area contributed by atoms with E-state index in [0.717, 1.165) is 4.68 Å². The van der Waals surface area contributed by atoms with Gasteiger partial charge in [0, 0.05) is 12.0 Å². The first-order chi connectivity index (χ1) is 10.1. The van der Waals surface area contributed by atoms with E-state index in [1.807, 2.05) is 0 Å². The van der Waals surface area contributed by atoms with Gasteiger partial charge in [0.1, 0.15) is 12.3 Å². The number of aliphatic hydroxyl groups excluding tert-OH is 1. The summed E-state index contributed by atoms with van der Waals surface area (Å²) >= 11 is 0. The Bertz CT molecular complexity index is 582. The van der Waals surface area contributed by atoms with Crippen LogP contribution >= 0.6 is 0 Å². The van der Waals surface area contributed by atoms with Crippen LogP contribution in [0.4, 0.5) is 26.3 Å². The van der Waals surface area contributed by atoms with E-state index < -0.39 is 48.1 Å². The van der Waals surface area contributed by atoms with Gasteiger partial charge >= 0.3 is 6.18 Å². The second kappa shape index (κ2) is 4.87. The summed E-state index contributed by atoms with van der Waals surface area (Å²) < 4.78 is 80.7. The Morgan fingerprint density at radius 2 is 1.91 bits per heavy atom. The fourth-order valence-corrected chi connectivity index (χ4v) is 3.32. The Balaban J connectivity index is 2.08. The summed E-state index contributed by atoms with van der Waals surface area (Å²) in [5, 5.41) is 12.9. The third-order valence-electron chi connectivity index (χ3n) is 4.32. The van der Waals surface area contributed by atoms with Gasteiger partial charge in [-0.2, -0.15) is 18.3 Å². The molecule has 1 N–H and O–H groups in total. The Kier molecular flexibility index (Phi) is 3.46. The fourth-order valence-electron chi connectivity index (χ4n) is 3.32. The molecule has 124 valence electrons. The molecule has 0 unspecified atom stereocenters. The molecular formula is C13H14F6N2O. The smallest absolute Gasteiger partial charge is 0.382 e. The number of halogens is 6. The van der Waals surface area contributed by atoms with Crippen LogP contribution in [-0.4, -0.2) is 27.0 Å². The molecule has 1 heterocycles. The molecule has 0 bridgehead atoms. The lowest BCUT2D eigenvalue weighted by molar-refractivity contribution is -0.146. The zero-order valence-electron chi connectivity index (χ0n) is 11.4. The average Bonchev–Trinajstić information content (AvgIpc) is 2.85. The van der Waals surface area contributed by atoms with Crippen LogP contribution in [0.5, 0.6) is 0 Å². The third kappa shape index (κ3) is 2.39. The van der Waals surface area contributed by atoms with Crippen molar-refractivity contribution in [2.75, 3.05) is 0 Å². The van der Waals surface area contributed by atoms with E-state index in [2.05, 4.69) is 5.10 Å². The highest BCUT2D eigenvalue weighted by molar-refractivity contribution is 5.38. The minimum Gasteiger partial charge on any atom is -0.382 e. The van der Waals surface area contributed by atoms with Crippen LogP contribution in [0.1, 0.15) is 54.8 Å². The predicted molar refractivity (Wildman–Crippen MR) is 63.2 cm³/mol. The number of hydrogen-bond acceptors (Lipinski definition) is 2. The summed E-state index contributed by atoms with van der Waals surface area (Å²) in [5.41, 5.74) is -2.68. The zero-order valence-corrected chi connectivity index (χ0v) is 11.4. The van der Waals surface area contributed by atoms with Crippen LogP contribution in [0.2, 0.25) is 0 Å². The van der Waals surface area contributed by atoms with E-state index in [1.165, 1.54) is 0 Å². The molecule has 1 saturated carbocycles. The van der Waals surface area contributed by atoms with Crippen molar-refractivity contribution in [3.8, 4) is 0 Å². The molecule has 0 aromatic carbocycles. The third-order valence-corrected chi connectivity index (χ3v) is 4.32. The molecule has 9 heteroatoms. The topological polar surface area (TPSA) is 38.1 Å². The van der Waals surface area contributed by atoms with Crippen LogP contribution < -0.4 is 0 Å². The molecule has 0 saturated heterocycles. The molecule has 2 aliphatic carbocycles. The summed E-state index contributed by atoms with van der Waals surface area (Å²) in [4.78, 5) is 0. The highest BCUT2D eigenvalue weighted by atomic mass is 19.4. The number of aliphatic hydroxyl groups is 1. The fraction of sp³-hybridized carbons (Fsp3) is 0.769. The standard InChI is InChI=1S/C13H14F6N2O/c14-6-2-1-3-7(4-6)21-8-5-12(15,16)11(22)9(8)10(20-21)13(17,18)19/h6-7,11,22H,1-5H2/t6-,7+,11+/m1/s1. The molecule has 0 radical (unpaired) electrons. The largest absolute Gasteiger partial charge is 0.435 e. The highest BCUT2D eigenvalue weighted by Gasteiger charge is 2.55. The van der Waals surface area contributed by atoms with Gasteiger partial charge in [0.15, 0.2) is 5.69 Å². The summed E-state index contributed by atoms with van der Waals surface area (Å²) in [6.45, 7) is 0. The normalized spacial score (nSPS) is 31.3. The number of hydrogen-bond donors (Lipinski definition) is 1. The minimum absolute atomic E-state index is 0.0485. The van der Waals surface area contributed by atoms with Gasteiger partial charge in [0.25, 0.3) is 5.92 Å². The second-order valence-corrected chi connectivity index (χ2v) is 5.91. The van der Waals surface area contributed by atoms with Crippen molar-refractivity contribution >= 4 is 0 Å². The van der Waals surface area contributed by atoms with Crippen LogP contribution in [0.3, 0.4) is 0 Å². The Morgan fingerprint density at radius 3 is 2.50 bits per heavy atom. The first-order valence-corrected chi connectivity index (χ1v) is 6.99. The molecule has 1 fully saturated rings. The van der Waals surface area contributed by atoms with Crippen LogP contribution in [0.15, 0.2) is 0 Å². The number of aromatic nitrogens is 2. The molecule has 3 atom stereocenters. The maximum atomic E-state index is 13.6. The lowest BCUT2D eigenvalue weighted by Crippen LogP contribution is -2.27. The monoisotopic (exact) mass is 328 g/mol. The minimum atomic E-state index is -4.94. The van der Waals surface area contributed by atoms with Crippen molar-refractivity contribution in [3.63, 3.8) is 0 Å². The number of nitrogens with zero attached hydrogens (tertiary/aromatic N) is 2. The first kappa shape index (κ1) is 15.6. The number of alkyl halides is 6. The zero-order chi connectivity index (χ0) is 16.3. The van der Waals surface area contributed by atoms with E-state index in [9.17, 15) is 31.4 Å². The van der Waals surface area contributed by atoms with Gasteiger partial charge in [0.05, 0.1) is 18.2 Å². The Labute approximate surface area is 121 Å². The van der Waals surface area contributed by atoms with Gasteiger partial charge < -0.3 is 5.11 Å². The van der Waals surface area contributed by atoms with E-state index in [4.69, 9.17) is 0 Å². The molecule has 3 nitrogen and oxygen atoms in total. The molecule has 0 aliphatic heterocycles. The first-order valence-electron chi connectivity index (χ1n) is 6.99. The van der Waals surface area contributed by atoms with E-state index >= 15 is 0 Å². The van der Waals surface area contributed by atoms with Gasteiger partial charge in [0.2, 0.25) is 0 Å². The summed E-state index contributed by atoms with van der Waals surface area (Å²) in [7, 11) is 0. The summed E-state index contributed by atoms with van der Waals surface area (Å²) in [6.07, 6.45) is -8.57. The van der Waals surface area contributed by atoms with Gasteiger partial charge in [-0.3, -0.25) is 4.68 Å². The van der Waals surface area contributed by atoms with Crippen molar-refractivity contribution in [3.05, 3.63) is 17.0 Å². The lowest BCUT2D eigenvalue weighted by atomic mass is 9.94. The highest BCUT2D eigenvalue weighted by Crippen LogP contribution is 2.49. The van der Waals surface area contributed by atoms with Crippen molar-refractivity contribution in [2.24, 2.45) is 0 Å². The van der Waals surface area contributed by atoms with Crippen molar-refractivity contribution in [1.82, 2.24) is 9.78 Å². The second-order valence-electron chi connectivity index (χ2n) is 5.91. The molecule has 1 aromatic rings. The van der Waals surface area contributed by atoms with Crippen LogP contribution in [0.25, 0.3) is 0 Å². The quantitative estimate of drug-likeness (QED) is 0.800. The Morgan fingerprint density at radius 1 is 1.23 bits per heavy atom. The van der Waals surface area contributed by atoms with Gasteiger partial charge in [-0.05, 0) is 19.3 Å². The molecule has 22 heavy (non-hydrogen) atoms. The maximum Gasteiger partial charge on any atom is 0.435 e. The maximum absolute atomic E-state index is 13.6. The SMILES string of the molecule is O[C@H]1c2c(C(F)(F)F)nn([C@H]3CCC[C@@H](F)C3)c2CC1(F)F. The van der Waals surface area contributed by atoms with E-state index in [1.54, 1.807) is 0 Å². The molecular weight excluding hydrogens is 314 g/mol. The van der Waals surface area contributed by atoms with Gasteiger partial charge in [-0.15, -0.1) is 0 Å². The average molecular weight is 328 g/mol. The van der Waals surface area contributed by atoms with E-state index in [-0.39, 0.29) is 12.1 Å². The molecule has 0 amide bonds. The summed E-state index contributed by atoms with van der Waals surface area (Å²) in [5.74, 6) is -3.67. The molecule has 1 aromatic heterocycles. The van der Waals surface area contributed by atoms with Crippen LogP contribution in [0, 0.1) is 0 Å².